The second kappa shape index (κ2) is 10.2. The average Bonchev–Trinajstić information content (AvgIpc) is 2.83. The predicted octanol–water partition coefficient (Wildman–Crippen LogP) is 4.88. The van der Waals surface area contributed by atoms with Crippen LogP contribution in [0.2, 0.25) is 0 Å². The van der Waals surface area contributed by atoms with Crippen LogP contribution in [0.4, 0.5) is 10.3 Å². The number of aromatic carboxylic acids is 1. The van der Waals surface area contributed by atoms with Crippen LogP contribution in [-0.2, 0) is 13.0 Å². The third kappa shape index (κ3) is 5.41. The lowest BCUT2D eigenvalue weighted by molar-refractivity contribution is 0.0692. The van der Waals surface area contributed by atoms with Crippen LogP contribution in [0.25, 0.3) is 0 Å². The van der Waals surface area contributed by atoms with Crippen molar-refractivity contribution in [1.82, 2.24) is 9.97 Å². The molecule has 1 unspecified atom stereocenters. The number of carbonyl (C=O) groups is 1. The van der Waals surface area contributed by atoms with Crippen LogP contribution >= 0.6 is 0 Å². The SMILES string of the molecule is O=C(O)c1cnc(N2CCCCC2CCc2ccccc2)nc1COc1ccc(F)cc1. The highest BCUT2D eigenvalue weighted by Crippen LogP contribution is 2.26. The Morgan fingerprint density at radius 1 is 1.12 bits per heavy atom. The summed E-state index contributed by atoms with van der Waals surface area (Å²) < 4.78 is 18.8. The molecule has 0 spiro atoms. The number of hydrogen-bond donors (Lipinski definition) is 1. The molecule has 1 N–H and O–H groups in total. The topological polar surface area (TPSA) is 75.5 Å². The standard InChI is InChI=1S/C25H26FN3O3/c26-19-10-13-21(14-11-19)32-17-23-22(24(30)31)16-27-25(28-23)29-15-5-4-8-20(29)12-9-18-6-2-1-3-7-18/h1-3,6-7,10-11,13-14,16,20H,4-5,8-9,12,15,17H2,(H,30,31). The molecule has 0 saturated carbocycles. The summed E-state index contributed by atoms with van der Waals surface area (Å²) in [6.07, 6.45) is 6.57. The number of benzene rings is 2. The molecule has 3 aromatic rings. The first-order valence-corrected chi connectivity index (χ1v) is 10.9. The number of anilines is 1. The first-order valence-electron chi connectivity index (χ1n) is 10.9. The van der Waals surface area contributed by atoms with E-state index in [4.69, 9.17) is 4.74 Å². The van der Waals surface area contributed by atoms with E-state index in [1.54, 1.807) is 0 Å². The van der Waals surface area contributed by atoms with Crippen LogP contribution in [0.5, 0.6) is 5.75 Å². The molecule has 7 heteroatoms. The van der Waals surface area contributed by atoms with Gasteiger partial charge in [-0.05, 0) is 61.9 Å². The lowest BCUT2D eigenvalue weighted by Gasteiger charge is -2.36. The third-order valence-corrected chi connectivity index (χ3v) is 5.77. The van der Waals surface area contributed by atoms with E-state index < -0.39 is 5.97 Å². The minimum atomic E-state index is -1.10. The maximum Gasteiger partial charge on any atom is 0.339 e. The Labute approximate surface area is 186 Å². The molecule has 32 heavy (non-hydrogen) atoms. The van der Waals surface area contributed by atoms with Crippen molar-refractivity contribution in [3.05, 3.63) is 83.4 Å². The van der Waals surface area contributed by atoms with Crippen LogP contribution in [0.3, 0.4) is 0 Å². The summed E-state index contributed by atoms with van der Waals surface area (Å²) in [7, 11) is 0. The largest absolute Gasteiger partial charge is 0.487 e. The number of carboxylic acid groups (broad SMARTS) is 1. The molecule has 4 rings (SSSR count). The fraction of sp³-hybridized carbons (Fsp3) is 0.320. The molecule has 0 bridgehead atoms. The average molecular weight is 435 g/mol. The third-order valence-electron chi connectivity index (χ3n) is 5.77. The van der Waals surface area contributed by atoms with Gasteiger partial charge in [-0.1, -0.05) is 30.3 Å². The number of hydrogen-bond acceptors (Lipinski definition) is 5. The fourth-order valence-corrected chi connectivity index (χ4v) is 4.06. The van der Waals surface area contributed by atoms with Crippen LogP contribution < -0.4 is 9.64 Å². The van der Waals surface area contributed by atoms with Gasteiger partial charge >= 0.3 is 5.97 Å². The zero-order valence-corrected chi connectivity index (χ0v) is 17.8. The zero-order chi connectivity index (χ0) is 22.3. The molecule has 6 nitrogen and oxygen atoms in total. The molecule has 2 aromatic carbocycles. The first kappa shape index (κ1) is 21.7. The maximum absolute atomic E-state index is 13.1. The van der Waals surface area contributed by atoms with Gasteiger partial charge in [0, 0.05) is 18.8 Å². The molecule has 0 amide bonds. The Bertz CT molecular complexity index is 1040. The van der Waals surface area contributed by atoms with Crippen molar-refractivity contribution in [3.63, 3.8) is 0 Å². The van der Waals surface area contributed by atoms with E-state index in [1.165, 1.54) is 36.0 Å². The van der Waals surface area contributed by atoms with Crippen LogP contribution in [0, 0.1) is 5.82 Å². The number of nitrogens with zero attached hydrogens (tertiary/aromatic N) is 3. The molecule has 166 valence electrons. The number of rotatable bonds is 8. The fourth-order valence-electron chi connectivity index (χ4n) is 4.06. The smallest absolute Gasteiger partial charge is 0.339 e. The van der Waals surface area contributed by atoms with Gasteiger partial charge in [0.05, 0.1) is 5.69 Å². The van der Waals surface area contributed by atoms with Gasteiger partial charge in [0.1, 0.15) is 23.7 Å². The Morgan fingerprint density at radius 2 is 1.91 bits per heavy atom. The molecule has 0 aliphatic carbocycles. The van der Waals surface area contributed by atoms with E-state index in [-0.39, 0.29) is 18.0 Å². The van der Waals surface area contributed by atoms with Gasteiger partial charge in [0.2, 0.25) is 5.95 Å². The number of ether oxygens (including phenoxy) is 1. The van der Waals surface area contributed by atoms with E-state index in [0.717, 1.165) is 38.6 Å². The van der Waals surface area contributed by atoms with Crippen molar-refractivity contribution < 1.29 is 19.0 Å². The molecular formula is C25H26FN3O3. The quantitative estimate of drug-likeness (QED) is 0.543. The highest BCUT2D eigenvalue weighted by molar-refractivity contribution is 5.88. The zero-order valence-electron chi connectivity index (χ0n) is 17.8. The number of piperidine rings is 1. The summed E-state index contributed by atoms with van der Waals surface area (Å²) in [5, 5.41) is 9.56. The molecule has 1 fully saturated rings. The Balaban J connectivity index is 1.52. The van der Waals surface area contributed by atoms with Gasteiger partial charge in [-0.2, -0.15) is 0 Å². The molecule has 1 saturated heterocycles. The number of aromatic nitrogens is 2. The molecule has 2 heterocycles. The first-order chi connectivity index (χ1) is 15.6. The monoisotopic (exact) mass is 435 g/mol. The van der Waals surface area contributed by atoms with Crippen molar-refractivity contribution in [2.75, 3.05) is 11.4 Å². The molecule has 1 aliphatic rings. The van der Waals surface area contributed by atoms with Gasteiger partial charge in [-0.3, -0.25) is 0 Å². The van der Waals surface area contributed by atoms with E-state index in [9.17, 15) is 14.3 Å². The highest BCUT2D eigenvalue weighted by Gasteiger charge is 2.26. The Morgan fingerprint density at radius 3 is 2.66 bits per heavy atom. The summed E-state index contributed by atoms with van der Waals surface area (Å²) in [5.74, 6) is -0.486. The Hall–Kier alpha value is -3.48. The summed E-state index contributed by atoms with van der Waals surface area (Å²) in [6, 6.07) is 16.3. The van der Waals surface area contributed by atoms with E-state index in [0.29, 0.717) is 23.4 Å². The summed E-state index contributed by atoms with van der Waals surface area (Å²) in [6.45, 7) is 0.801. The molecule has 1 atom stereocenters. The van der Waals surface area contributed by atoms with E-state index >= 15 is 0 Å². The molecular weight excluding hydrogens is 409 g/mol. The second-order valence-corrected chi connectivity index (χ2v) is 7.95. The van der Waals surface area contributed by atoms with Crippen molar-refractivity contribution in [3.8, 4) is 5.75 Å². The summed E-state index contributed by atoms with van der Waals surface area (Å²) in [5.41, 5.74) is 1.61. The molecule has 1 aliphatic heterocycles. The van der Waals surface area contributed by atoms with Crippen molar-refractivity contribution >= 4 is 11.9 Å². The number of aryl methyl sites for hydroxylation is 1. The lowest BCUT2D eigenvalue weighted by atomic mass is 9.96. The van der Waals surface area contributed by atoms with E-state index in [1.807, 2.05) is 6.07 Å². The highest BCUT2D eigenvalue weighted by atomic mass is 19.1. The Kier molecular flexibility index (Phi) is 6.94. The number of halogens is 1. The van der Waals surface area contributed by atoms with Crippen LogP contribution in [0.15, 0.2) is 60.8 Å². The minimum Gasteiger partial charge on any atom is -0.487 e. The van der Waals surface area contributed by atoms with Crippen molar-refractivity contribution in [2.24, 2.45) is 0 Å². The van der Waals surface area contributed by atoms with Gasteiger partial charge in [0.15, 0.2) is 0 Å². The maximum atomic E-state index is 13.1. The summed E-state index contributed by atoms with van der Waals surface area (Å²) in [4.78, 5) is 22.9. The van der Waals surface area contributed by atoms with Gasteiger partial charge in [-0.15, -0.1) is 0 Å². The van der Waals surface area contributed by atoms with Gasteiger partial charge in [0.25, 0.3) is 0 Å². The lowest BCUT2D eigenvalue weighted by Crippen LogP contribution is -2.41. The summed E-state index contributed by atoms with van der Waals surface area (Å²) >= 11 is 0. The minimum absolute atomic E-state index is 0.00806. The van der Waals surface area contributed by atoms with Crippen molar-refractivity contribution in [1.29, 1.82) is 0 Å². The molecule has 0 radical (unpaired) electrons. The molecule has 1 aromatic heterocycles. The van der Waals surface area contributed by atoms with Gasteiger partial charge < -0.3 is 14.7 Å². The van der Waals surface area contributed by atoms with Crippen LogP contribution in [-0.4, -0.2) is 33.6 Å². The normalized spacial score (nSPS) is 16.0. The second-order valence-electron chi connectivity index (χ2n) is 7.95. The van der Waals surface area contributed by atoms with Gasteiger partial charge in [-0.25, -0.2) is 19.2 Å². The predicted molar refractivity (Wildman–Crippen MR) is 119 cm³/mol. The van der Waals surface area contributed by atoms with E-state index in [2.05, 4.69) is 39.1 Å². The van der Waals surface area contributed by atoms with Crippen LogP contribution in [0.1, 0.15) is 47.3 Å². The van der Waals surface area contributed by atoms with Crippen molar-refractivity contribution in [2.45, 2.75) is 44.8 Å². The number of carboxylic acids is 1.